The molecular formula is C16H12ClN3O. The van der Waals surface area contributed by atoms with E-state index in [1.54, 1.807) is 30.6 Å². The van der Waals surface area contributed by atoms with Gasteiger partial charge in [0.25, 0.3) is 5.91 Å². The van der Waals surface area contributed by atoms with Crippen LogP contribution >= 0.6 is 11.6 Å². The summed E-state index contributed by atoms with van der Waals surface area (Å²) in [5.41, 5.74) is 7.20. The molecule has 1 aromatic heterocycles. The van der Waals surface area contributed by atoms with Crippen LogP contribution in [0, 0.1) is 0 Å². The lowest BCUT2D eigenvalue weighted by molar-refractivity contribution is 0.102. The van der Waals surface area contributed by atoms with E-state index < -0.39 is 0 Å². The van der Waals surface area contributed by atoms with Gasteiger partial charge in [-0.3, -0.25) is 9.78 Å². The van der Waals surface area contributed by atoms with Gasteiger partial charge in [0, 0.05) is 27.7 Å². The first kappa shape index (κ1) is 13.4. The molecule has 0 aliphatic heterocycles. The van der Waals surface area contributed by atoms with Gasteiger partial charge in [-0.05, 0) is 18.2 Å². The number of nitrogens with one attached hydrogen (secondary N) is 1. The van der Waals surface area contributed by atoms with Crippen LogP contribution in [0.2, 0.25) is 5.02 Å². The third kappa shape index (κ3) is 2.66. The van der Waals surface area contributed by atoms with Crippen molar-refractivity contribution in [1.29, 1.82) is 0 Å². The summed E-state index contributed by atoms with van der Waals surface area (Å²) >= 11 is 5.84. The molecule has 2 aromatic carbocycles. The molecule has 0 fully saturated rings. The fourth-order valence-corrected chi connectivity index (χ4v) is 2.33. The van der Waals surface area contributed by atoms with E-state index in [9.17, 15) is 4.79 Å². The summed E-state index contributed by atoms with van der Waals surface area (Å²) in [4.78, 5) is 16.5. The number of amides is 1. The smallest absolute Gasteiger partial charge is 0.257 e. The van der Waals surface area contributed by atoms with Crippen molar-refractivity contribution in [1.82, 2.24) is 4.98 Å². The molecule has 0 aliphatic rings. The van der Waals surface area contributed by atoms with Gasteiger partial charge >= 0.3 is 0 Å². The number of aromatic nitrogens is 1. The number of nitrogen functional groups attached to an aromatic ring is 1. The molecule has 1 amide bonds. The van der Waals surface area contributed by atoms with Gasteiger partial charge in [0.1, 0.15) is 0 Å². The van der Waals surface area contributed by atoms with Gasteiger partial charge in [-0.25, -0.2) is 0 Å². The second-order valence-corrected chi connectivity index (χ2v) is 5.03. The number of hydrogen-bond acceptors (Lipinski definition) is 3. The van der Waals surface area contributed by atoms with E-state index in [0.717, 1.165) is 10.8 Å². The summed E-state index contributed by atoms with van der Waals surface area (Å²) < 4.78 is 0. The summed E-state index contributed by atoms with van der Waals surface area (Å²) in [5.74, 6) is -0.290. The maximum Gasteiger partial charge on any atom is 0.257 e. The predicted octanol–water partition coefficient (Wildman–Crippen LogP) is 3.72. The highest BCUT2D eigenvalue weighted by Gasteiger charge is 2.12. The van der Waals surface area contributed by atoms with Crippen LogP contribution in [0.5, 0.6) is 0 Å². The zero-order valence-electron chi connectivity index (χ0n) is 11.0. The Morgan fingerprint density at radius 3 is 2.76 bits per heavy atom. The largest absolute Gasteiger partial charge is 0.398 e. The Labute approximate surface area is 126 Å². The Hall–Kier alpha value is -2.59. The van der Waals surface area contributed by atoms with Gasteiger partial charge in [0.2, 0.25) is 0 Å². The average Bonchev–Trinajstić information content (AvgIpc) is 2.47. The van der Waals surface area contributed by atoms with Crippen LogP contribution in [0.4, 0.5) is 11.4 Å². The monoisotopic (exact) mass is 297 g/mol. The number of fused-ring (bicyclic) bond motifs is 1. The van der Waals surface area contributed by atoms with Crippen LogP contribution in [0.1, 0.15) is 10.4 Å². The first-order valence-electron chi connectivity index (χ1n) is 6.34. The van der Waals surface area contributed by atoms with Crippen LogP contribution in [0.25, 0.3) is 10.8 Å². The minimum atomic E-state index is -0.290. The van der Waals surface area contributed by atoms with Crippen molar-refractivity contribution in [2.75, 3.05) is 11.1 Å². The van der Waals surface area contributed by atoms with Gasteiger partial charge in [-0.2, -0.15) is 0 Å². The Morgan fingerprint density at radius 1 is 1.14 bits per heavy atom. The lowest BCUT2D eigenvalue weighted by atomic mass is 10.1. The van der Waals surface area contributed by atoms with Crippen molar-refractivity contribution in [2.45, 2.75) is 0 Å². The van der Waals surface area contributed by atoms with Crippen LogP contribution in [0.3, 0.4) is 0 Å². The zero-order valence-corrected chi connectivity index (χ0v) is 11.8. The van der Waals surface area contributed by atoms with Crippen LogP contribution in [-0.2, 0) is 0 Å². The fourth-order valence-electron chi connectivity index (χ4n) is 2.15. The number of anilines is 2. The summed E-state index contributed by atoms with van der Waals surface area (Å²) in [7, 11) is 0. The molecule has 0 unspecified atom stereocenters. The summed E-state index contributed by atoms with van der Waals surface area (Å²) in [6, 6.07) is 12.5. The van der Waals surface area contributed by atoms with E-state index in [-0.39, 0.29) is 5.91 Å². The number of benzene rings is 2. The van der Waals surface area contributed by atoms with Gasteiger partial charge in [0.05, 0.1) is 17.4 Å². The molecule has 0 saturated heterocycles. The van der Waals surface area contributed by atoms with Crippen molar-refractivity contribution in [3.63, 3.8) is 0 Å². The molecule has 3 aromatic rings. The predicted molar refractivity (Wildman–Crippen MR) is 85.6 cm³/mol. The average molecular weight is 298 g/mol. The van der Waals surface area contributed by atoms with Crippen LogP contribution in [0.15, 0.2) is 54.9 Å². The highest BCUT2D eigenvalue weighted by molar-refractivity contribution is 6.31. The molecular weight excluding hydrogens is 286 g/mol. The van der Waals surface area contributed by atoms with E-state index in [0.29, 0.717) is 22.0 Å². The topological polar surface area (TPSA) is 68.0 Å². The normalized spacial score (nSPS) is 10.5. The number of pyridine rings is 1. The Morgan fingerprint density at radius 2 is 1.95 bits per heavy atom. The maximum atomic E-state index is 12.3. The number of rotatable bonds is 2. The number of carbonyl (C=O) groups excluding carboxylic acids is 1. The van der Waals surface area contributed by atoms with Crippen molar-refractivity contribution < 1.29 is 4.79 Å². The lowest BCUT2D eigenvalue weighted by Crippen LogP contribution is -2.14. The highest BCUT2D eigenvalue weighted by atomic mass is 35.5. The molecule has 3 rings (SSSR count). The summed E-state index contributed by atoms with van der Waals surface area (Å²) in [6.07, 6.45) is 3.37. The Kier molecular flexibility index (Phi) is 3.46. The van der Waals surface area contributed by atoms with E-state index in [2.05, 4.69) is 10.3 Å². The first-order chi connectivity index (χ1) is 10.1. The molecule has 5 heteroatoms. The van der Waals surface area contributed by atoms with Crippen molar-refractivity contribution in [3.8, 4) is 0 Å². The molecule has 3 N–H and O–H groups in total. The molecule has 21 heavy (non-hydrogen) atoms. The molecule has 0 saturated carbocycles. The molecule has 0 bridgehead atoms. The van der Waals surface area contributed by atoms with Crippen molar-refractivity contribution in [3.05, 3.63) is 65.4 Å². The second kappa shape index (κ2) is 5.42. The number of hydrogen-bond donors (Lipinski definition) is 2. The standard InChI is InChI=1S/C16H12ClN3O/c17-11-5-6-13(14(18)7-11)16(21)20-15-9-19-8-10-3-1-2-4-12(10)15/h1-9H,18H2,(H,20,21). The lowest BCUT2D eigenvalue weighted by Gasteiger charge is -2.10. The minimum absolute atomic E-state index is 0.290. The highest BCUT2D eigenvalue weighted by Crippen LogP contribution is 2.24. The molecule has 4 nitrogen and oxygen atoms in total. The number of carbonyl (C=O) groups is 1. The number of halogens is 1. The third-order valence-electron chi connectivity index (χ3n) is 3.17. The van der Waals surface area contributed by atoms with E-state index >= 15 is 0 Å². The SMILES string of the molecule is Nc1cc(Cl)ccc1C(=O)Nc1cncc2ccccc12. The quantitative estimate of drug-likeness (QED) is 0.708. The minimum Gasteiger partial charge on any atom is -0.398 e. The van der Waals surface area contributed by atoms with Crippen molar-refractivity contribution in [2.24, 2.45) is 0 Å². The van der Waals surface area contributed by atoms with Crippen LogP contribution in [-0.4, -0.2) is 10.9 Å². The Bertz CT molecular complexity index is 827. The fraction of sp³-hybridized carbons (Fsp3) is 0. The van der Waals surface area contributed by atoms with E-state index in [1.165, 1.54) is 0 Å². The summed E-state index contributed by atoms with van der Waals surface area (Å²) in [6.45, 7) is 0. The molecule has 0 radical (unpaired) electrons. The molecule has 0 atom stereocenters. The third-order valence-corrected chi connectivity index (χ3v) is 3.41. The van der Waals surface area contributed by atoms with Gasteiger partial charge in [-0.15, -0.1) is 0 Å². The first-order valence-corrected chi connectivity index (χ1v) is 6.72. The molecule has 104 valence electrons. The number of nitrogens with zero attached hydrogens (tertiary/aromatic N) is 1. The summed E-state index contributed by atoms with van der Waals surface area (Å²) in [5, 5.41) is 5.22. The van der Waals surface area contributed by atoms with Gasteiger partial charge in [-0.1, -0.05) is 35.9 Å². The van der Waals surface area contributed by atoms with Crippen LogP contribution < -0.4 is 11.1 Å². The van der Waals surface area contributed by atoms with E-state index in [1.807, 2.05) is 24.3 Å². The van der Waals surface area contributed by atoms with Crippen molar-refractivity contribution >= 4 is 39.7 Å². The maximum absolute atomic E-state index is 12.3. The van der Waals surface area contributed by atoms with E-state index in [4.69, 9.17) is 17.3 Å². The Balaban J connectivity index is 1.97. The molecule has 0 spiro atoms. The van der Waals surface area contributed by atoms with Gasteiger partial charge in [0.15, 0.2) is 0 Å². The van der Waals surface area contributed by atoms with Gasteiger partial charge < -0.3 is 11.1 Å². The second-order valence-electron chi connectivity index (χ2n) is 4.59. The number of nitrogens with two attached hydrogens (primary N) is 1. The zero-order chi connectivity index (χ0) is 14.8. The molecule has 0 aliphatic carbocycles. The molecule has 1 heterocycles.